The minimum absolute atomic E-state index is 0.0699. The van der Waals surface area contributed by atoms with Gasteiger partial charge in [-0.1, -0.05) is 6.07 Å². The molecule has 0 saturated carbocycles. The van der Waals surface area contributed by atoms with E-state index in [-0.39, 0.29) is 30.2 Å². The van der Waals surface area contributed by atoms with Crippen molar-refractivity contribution >= 4 is 28.7 Å². The minimum Gasteiger partial charge on any atom is -0.458 e. The molecule has 11 nitrogen and oxygen atoms in total. The second-order valence-corrected chi connectivity index (χ2v) is 11.0. The number of carbonyl (C=O) groups is 2. The van der Waals surface area contributed by atoms with Gasteiger partial charge in [0.1, 0.15) is 17.2 Å². The first kappa shape index (κ1) is 26.0. The Morgan fingerprint density at radius 1 is 1.12 bits per heavy atom. The van der Waals surface area contributed by atoms with Crippen LogP contribution in [0.15, 0.2) is 42.1 Å². The van der Waals surface area contributed by atoms with Crippen LogP contribution in [0, 0.1) is 0 Å². The molecule has 0 unspecified atom stereocenters. The fourth-order valence-corrected chi connectivity index (χ4v) is 5.69. The van der Waals surface area contributed by atoms with Gasteiger partial charge in [0.15, 0.2) is 17.2 Å². The molecule has 40 heavy (non-hydrogen) atoms. The number of aliphatic hydroxyl groups is 1. The summed E-state index contributed by atoms with van der Waals surface area (Å²) in [7, 11) is 0. The third kappa shape index (κ3) is 4.49. The number of likely N-dealkylation sites (tertiary alicyclic amines) is 1. The number of nitrogens with zero attached hydrogens (tertiary/aromatic N) is 5. The first-order chi connectivity index (χ1) is 19.1. The van der Waals surface area contributed by atoms with Gasteiger partial charge in [-0.05, 0) is 57.7 Å². The minimum atomic E-state index is -1.43. The van der Waals surface area contributed by atoms with Crippen molar-refractivity contribution in [1.82, 2.24) is 24.5 Å². The third-order valence-electron chi connectivity index (χ3n) is 7.81. The number of nitrogens with two attached hydrogens (primary N) is 1. The van der Waals surface area contributed by atoms with Gasteiger partial charge in [-0.15, -0.1) is 0 Å². The highest BCUT2D eigenvalue weighted by Gasteiger charge is 2.34. The van der Waals surface area contributed by atoms with Crippen LogP contribution >= 0.6 is 0 Å². The van der Waals surface area contributed by atoms with Crippen molar-refractivity contribution in [3.8, 4) is 11.1 Å². The van der Waals surface area contributed by atoms with Crippen LogP contribution in [-0.4, -0.2) is 66.8 Å². The standard InChI is InChI=1S/C29H32N6O5/c1-16(36)24-25(17-8-10-34(11-9-17)28(37)29(2,3)38)33-27-20(14-32-35(27)26(24)30)19-4-6-21(31-13-19)18-5-7-22-23(12-18)40-15-39-22/h4,6,12-14,17,38H,5,7-11,15,30H2,1-3H3. The van der Waals surface area contributed by atoms with E-state index in [9.17, 15) is 14.7 Å². The van der Waals surface area contributed by atoms with E-state index >= 15 is 0 Å². The van der Waals surface area contributed by atoms with E-state index in [1.807, 2.05) is 18.2 Å². The van der Waals surface area contributed by atoms with E-state index in [4.69, 9.17) is 25.2 Å². The van der Waals surface area contributed by atoms with Crippen LogP contribution in [0.5, 0.6) is 0 Å². The number of amides is 1. The van der Waals surface area contributed by atoms with E-state index in [1.165, 1.54) is 25.3 Å². The molecule has 0 atom stereocenters. The number of aromatic nitrogens is 4. The van der Waals surface area contributed by atoms with Crippen LogP contribution in [0.3, 0.4) is 0 Å². The largest absolute Gasteiger partial charge is 0.458 e. The van der Waals surface area contributed by atoms with Crippen molar-refractivity contribution in [2.75, 3.05) is 25.6 Å². The molecule has 208 valence electrons. The summed E-state index contributed by atoms with van der Waals surface area (Å²) in [6, 6.07) is 3.95. The van der Waals surface area contributed by atoms with Crippen molar-refractivity contribution in [2.45, 2.75) is 58.0 Å². The Balaban J connectivity index is 1.32. The zero-order chi connectivity index (χ0) is 28.2. The molecule has 1 fully saturated rings. The van der Waals surface area contributed by atoms with E-state index in [2.05, 4.69) is 5.10 Å². The van der Waals surface area contributed by atoms with Crippen molar-refractivity contribution in [3.63, 3.8) is 0 Å². The van der Waals surface area contributed by atoms with E-state index in [0.29, 0.717) is 42.8 Å². The normalized spacial score (nSPS) is 17.9. The molecule has 11 heteroatoms. The second-order valence-electron chi connectivity index (χ2n) is 11.0. The number of hydrogen-bond acceptors (Lipinski definition) is 9. The van der Waals surface area contributed by atoms with Crippen molar-refractivity contribution < 1.29 is 24.2 Å². The highest BCUT2D eigenvalue weighted by Crippen LogP contribution is 2.36. The molecule has 0 bridgehead atoms. The number of ketones is 1. The molecule has 3 aliphatic rings. The Morgan fingerprint density at radius 2 is 1.90 bits per heavy atom. The Bertz CT molecular complexity index is 1570. The number of carbonyl (C=O) groups excluding carboxylic acids is 2. The SMILES string of the molecule is CC(=O)c1c(C2CCN(C(=O)C(C)(C)O)CC2)nc2c(-c3ccc(C4=CC5=C(CC4)OCO5)nc3)cnn2c1N. The van der Waals surface area contributed by atoms with Gasteiger partial charge in [0.2, 0.25) is 6.79 Å². The van der Waals surface area contributed by atoms with E-state index in [1.54, 1.807) is 17.3 Å². The third-order valence-corrected chi connectivity index (χ3v) is 7.81. The monoisotopic (exact) mass is 544 g/mol. The average molecular weight is 545 g/mol. The average Bonchev–Trinajstić information content (AvgIpc) is 3.59. The lowest BCUT2D eigenvalue weighted by Gasteiger charge is -2.35. The van der Waals surface area contributed by atoms with Crippen molar-refractivity contribution in [3.05, 3.63) is 59.1 Å². The van der Waals surface area contributed by atoms with Gasteiger partial charge in [-0.3, -0.25) is 14.6 Å². The molecule has 1 saturated heterocycles. The molecule has 2 aliphatic heterocycles. The van der Waals surface area contributed by atoms with E-state index < -0.39 is 5.60 Å². The van der Waals surface area contributed by atoms with Crippen LogP contribution in [0.25, 0.3) is 22.3 Å². The number of rotatable bonds is 5. The van der Waals surface area contributed by atoms with Gasteiger partial charge >= 0.3 is 0 Å². The predicted octanol–water partition coefficient (Wildman–Crippen LogP) is 3.45. The Hall–Kier alpha value is -4.25. The summed E-state index contributed by atoms with van der Waals surface area (Å²) < 4.78 is 12.5. The molecule has 6 rings (SSSR count). The number of piperidine rings is 1. The molecule has 0 radical (unpaired) electrons. The number of nitrogen functional groups attached to an aromatic ring is 1. The first-order valence-electron chi connectivity index (χ1n) is 13.5. The lowest BCUT2D eigenvalue weighted by atomic mass is 9.89. The molecule has 1 aliphatic carbocycles. The van der Waals surface area contributed by atoms with Crippen LogP contribution in [0.4, 0.5) is 5.82 Å². The number of ether oxygens (including phenoxy) is 2. The van der Waals surface area contributed by atoms with Gasteiger partial charge in [-0.2, -0.15) is 9.61 Å². The Labute approximate surface area is 231 Å². The fraction of sp³-hybridized carbons (Fsp3) is 0.414. The van der Waals surface area contributed by atoms with Crippen LogP contribution in [0.1, 0.15) is 74.1 Å². The summed E-state index contributed by atoms with van der Waals surface area (Å²) in [6.45, 7) is 5.64. The molecule has 0 aromatic carbocycles. The number of Topliss-reactive ketones (excluding diaryl/α,β-unsaturated/α-hetero) is 1. The number of anilines is 1. The topological polar surface area (TPSA) is 145 Å². The molecule has 3 N–H and O–H groups in total. The summed E-state index contributed by atoms with van der Waals surface area (Å²) in [5.41, 5.74) is 10.1. The Kier molecular flexibility index (Phi) is 6.33. The summed E-state index contributed by atoms with van der Waals surface area (Å²) in [4.78, 5) is 36.6. The summed E-state index contributed by atoms with van der Waals surface area (Å²) >= 11 is 0. The predicted molar refractivity (Wildman–Crippen MR) is 147 cm³/mol. The van der Waals surface area contributed by atoms with Crippen LogP contribution < -0.4 is 5.73 Å². The van der Waals surface area contributed by atoms with Gasteiger partial charge in [0.05, 0.1) is 23.1 Å². The molecule has 3 aromatic heterocycles. The maximum atomic E-state index is 12.7. The smallest absolute Gasteiger partial charge is 0.253 e. The molecule has 1 amide bonds. The zero-order valence-electron chi connectivity index (χ0n) is 22.8. The lowest BCUT2D eigenvalue weighted by molar-refractivity contribution is -0.148. The summed E-state index contributed by atoms with van der Waals surface area (Å²) in [5, 5.41) is 14.6. The van der Waals surface area contributed by atoms with Crippen molar-refractivity contribution in [1.29, 1.82) is 0 Å². The van der Waals surface area contributed by atoms with Gasteiger partial charge in [0.25, 0.3) is 5.91 Å². The number of pyridine rings is 1. The highest BCUT2D eigenvalue weighted by molar-refractivity contribution is 6.00. The van der Waals surface area contributed by atoms with Gasteiger partial charge < -0.3 is 25.2 Å². The summed E-state index contributed by atoms with van der Waals surface area (Å²) in [6.07, 6.45) is 8.28. The molecule has 5 heterocycles. The maximum absolute atomic E-state index is 12.7. The first-order valence-corrected chi connectivity index (χ1v) is 13.5. The van der Waals surface area contributed by atoms with E-state index in [0.717, 1.165) is 46.8 Å². The molecular formula is C29H32N6O5. The van der Waals surface area contributed by atoms with Crippen LogP contribution in [-0.2, 0) is 14.3 Å². The number of fused-ring (bicyclic) bond motifs is 1. The molecular weight excluding hydrogens is 512 g/mol. The number of hydrogen-bond donors (Lipinski definition) is 2. The zero-order valence-corrected chi connectivity index (χ0v) is 22.8. The summed E-state index contributed by atoms with van der Waals surface area (Å²) in [5.74, 6) is 1.35. The molecule has 0 spiro atoms. The lowest BCUT2D eigenvalue weighted by Crippen LogP contribution is -2.48. The molecule has 3 aromatic rings. The maximum Gasteiger partial charge on any atom is 0.253 e. The van der Waals surface area contributed by atoms with Crippen LogP contribution in [0.2, 0.25) is 0 Å². The van der Waals surface area contributed by atoms with Gasteiger partial charge in [-0.25, -0.2) is 4.98 Å². The quantitative estimate of drug-likeness (QED) is 0.461. The Morgan fingerprint density at radius 3 is 2.58 bits per heavy atom. The fourth-order valence-electron chi connectivity index (χ4n) is 5.69. The second kappa shape index (κ2) is 9.74. The van der Waals surface area contributed by atoms with Crippen molar-refractivity contribution in [2.24, 2.45) is 0 Å². The number of allylic oxidation sites excluding steroid dienone is 3. The highest BCUT2D eigenvalue weighted by atomic mass is 16.7. The van der Waals surface area contributed by atoms with Gasteiger partial charge in [0, 0.05) is 42.8 Å².